The molecule has 0 radical (unpaired) electrons. The Hall–Kier alpha value is -0.970. The van der Waals surface area contributed by atoms with Crippen molar-refractivity contribution in [3.8, 4) is 11.5 Å². The number of rotatable bonds is 3. The van der Waals surface area contributed by atoms with E-state index in [0.29, 0.717) is 25.5 Å². The number of benzene rings is 1. The van der Waals surface area contributed by atoms with Crippen molar-refractivity contribution in [2.24, 2.45) is 0 Å². The normalized spacial score (nSPS) is 20.8. The molecule has 0 N–H and O–H groups in total. The van der Waals surface area contributed by atoms with E-state index in [9.17, 15) is 0 Å². The van der Waals surface area contributed by atoms with Gasteiger partial charge in [-0.2, -0.15) is 0 Å². The summed E-state index contributed by atoms with van der Waals surface area (Å²) in [6.07, 6.45) is 0.619. The monoisotopic (exact) mass is 256 g/mol. The van der Waals surface area contributed by atoms with Crippen molar-refractivity contribution in [1.29, 1.82) is 0 Å². The molecule has 0 bridgehead atoms. The molecule has 2 heterocycles. The highest BCUT2D eigenvalue weighted by Gasteiger charge is 2.38. The van der Waals surface area contributed by atoms with Gasteiger partial charge >= 0.3 is 0 Å². The molecule has 5 heteroatoms. The van der Waals surface area contributed by atoms with Gasteiger partial charge in [-0.3, -0.25) is 0 Å². The van der Waals surface area contributed by atoms with Crippen LogP contribution in [0.5, 0.6) is 11.5 Å². The molecule has 1 saturated heterocycles. The molecule has 0 saturated carbocycles. The Balaban J connectivity index is 1.96. The molecule has 0 aromatic heterocycles. The highest BCUT2D eigenvalue weighted by atomic mass is 35.5. The molecular weight excluding hydrogens is 244 g/mol. The van der Waals surface area contributed by atoms with Crippen LogP contribution in [0.15, 0.2) is 18.2 Å². The molecular formula is C12H13ClO4. The Labute approximate surface area is 104 Å². The molecule has 92 valence electrons. The minimum Gasteiger partial charge on any atom is -0.454 e. The highest BCUT2D eigenvalue weighted by molar-refractivity contribution is 6.17. The second kappa shape index (κ2) is 4.37. The summed E-state index contributed by atoms with van der Waals surface area (Å²) in [6.45, 7) is 1.44. The lowest BCUT2D eigenvalue weighted by atomic mass is 10.0. The summed E-state index contributed by atoms with van der Waals surface area (Å²) in [5.74, 6) is 1.25. The molecule has 17 heavy (non-hydrogen) atoms. The first-order valence-corrected chi connectivity index (χ1v) is 6.11. The largest absolute Gasteiger partial charge is 0.454 e. The average molecular weight is 257 g/mol. The van der Waals surface area contributed by atoms with Crippen molar-refractivity contribution in [2.45, 2.75) is 12.2 Å². The van der Waals surface area contributed by atoms with E-state index in [4.69, 9.17) is 30.5 Å². The lowest BCUT2D eigenvalue weighted by molar-refractivity contribution is -0.167. The Bertz CT molecular complexity index is 415. The van der Waals surface area contributed by atoms with E-state index in [0.717, 1.165) is 17.1 Å². The summed E-state index contributed by atoms with van der Waals surface area (Å²) in [5, 5.41) is 0. The lowest BCUT2D eigenvalue weighted by Crippen LogP contribution is -2.27. The average Bonchev–Trinajstić information content (AvgIpc) is 2.96. The summed E-state index contributed by atoms with van der Waals surface area (Å²) in [5.41, 5.74) is 0.930. The number of hydrogen-bond acceptors (Lipinski definition) is 4. The minimum absolute atomic E-state index is 0.267. The molecule has 1 aromatic rings. The van der Waals surface area contributed by atoms with E-state index in [1.165, 1.54) is 0 Å². The number of ether oxygens (including phenoxy) is 4. The third-order valence-corrected chi connectivity index (χ3v) is 3.18. The molecule has 2 aliphatic rings. The fraction of sp³-hybridized carbons (Fsp3) is 0.500. The van der Waals surface area contributed by atoms with Gasteiger partial charge in [-0.1, -0.05) is 0 Å². The van der Waals surface area contributed by atoms with E-state index in [1.54, 1.807) is 0 Å². The number of halogens is 1. The van der Waals surface area contributed by atoms with Gasteiger partial charge in [0.25, 0.3) is 0 Å². The topological polar surface area (TPSA) is 36.9 Å². The van der Waals surface area contributed by atoms with Gasteiger partial charge in [0, 0.05) is 17.9 Å². The van der Waals surface area contributed by atoms with Gasteiger partial charge in [0.05, 0.1) is 13.2 Å². The summed E-state index contributed by atoms with van der Waals surface area (Å²) in [6, 6.07) is 5.71. The molecule has 2 aliphatic heterocycles. The summed E-state index contributed by atoms with van der Waals surface area (Å²) in [4.78, 5) is 0. The van der Waals surface area contributed by atoms with Gasteiger partial charge in [-0.05, 0) is 18.2 Å². The van der Waals surface area contributed by atoms with Crippen molar-refractivity contribution in [3.05, 3.63) is 23.8 Å². The van der Waals surface area contributed by atoms with E-state index >= 15 is 0 Å². The van der Waals surface area contributed by atoms with Crippen molar-refractivity contribution in [3.63, 3.8) is 0 Å². The predicted octanol–water partition coefficient (Wildman–Crippen LogP) is 2.24. The Morgan fingerprint density at radius 3 is 2.65 bits per heavy atom. The molecule has 3 rings (SSSR count). The number of fused-ring (bicyclic) bond motifs is 1. The van der Waals surface area contributed by atoms with Crippen LogP contribution in [0.2, 0.25) is 0 Å². The number of alkyl halides is 1. The van der Waals surface area contributed by atoms with Crippen LogP contribution in [-0.4, -0.2) is 25.9 Å². The first kappa shape index (κ1) is 11.1. The van der Waals surface area contributed by atoms with Crippen LogP contribution in [0, 0.1) is 0 Å². The maximum absolute atomic E-state index is 5.82. The zero-order valence-electron chi connectivity index (χ0n) is 9.28. The van der Waals surface area contributed by atoms with E-state index in [1.807, 2.05) is 18.2 Å². The van der Waals surface area contributed by atoms with Crippen molar-refractivity contribution in [1.82, 2.24) is 0 Å². The first-order chi connectivity index (χ1) is 8.34. The van der Waals surface area contributed by atoms with Crippen molar-refractivity contribution in [2.75, 3.05) is 25.9 Å². The highest BCUT2D eigenvalue weighted by Crippen LogP contribution is 2.40. The number of hydrogen-bond donors (Lipinski definition) is 0. The smallest absolute Gasteiger partial charge is 0.231 e. The van der Waals surface area contributed by atoms with Crippen LogP contribution in [0.25, 0.3) is 0 Å². The lowest BCUT2D eigenvalue weighted by Gasteiger charge is -2.27. The van der Waals surface area contributed by atoms with Gasteiger partial charge < -0.3 is 18.9 Å². The quantitative estimate of drug-likeness (QED) is 0.778. The third-order valence-electron chi connectivity index (χ3n) is 2.99. The molecule has 1 aromatic carbocycles. The van der Waals surface area contributed by atoms with Gasteiger partial charge in [0.1, 0.15) is 0 Å². The second-order valence-electron chi connectivity index (χ2n) is 3.96. The summed E-state index contributed by atoms with van der Waals surface area (Å²) >= 11 is 5.82. The molecule has 0 aliphatic carbocycles. The summed E-state index contributed by atoms with van der Waals surface area (Å²) in [7, 11) is 0. The van der Waals surface area contributed by atoms with Crippen LogP contribution in [-0.2, 0) is 15.3 Å². The van der Waals surface area contributed by atoms with Crippen molar-refractivity contribution >= 4 is 11.6 Å². The maximum atomic E-state index is 5.82. The van der Waals surface area contributed by atoms with E-state index in [-0.39, 0.29) is 6.79 Å². The zero-order valence-corrected chi connectivity index (χ0v) is 10.0. The van der Waals surface area contributed by atoms with E-state index < -0.39 is 5.79 Å². The third kappa shape index (κ3) is 1.86. The first-order valence-electron chi connectivity index (χ1n) is 5.58. The maximum Gasteiger partial charge on any atom is 0.231 e. The second-order valence-corrected chi connectivity index (χ2v) is 4.33. The Morgan fingerprint density at radius 2 is 1.88 bits per heavy atom. The van der Waals surface area contributed by atoms with Crippen LogP contribution in [0.1, 0.15) is 12.0 Å². The SMILES string of the molecule is ClCCC1(c2ccc3c(c2)OCO3)OCCO1. The van der Waals surface area contributed by atoms with Gasteiger partial charge in [0.2, 0.25) is 6.79 Å². The van der Waals surface area contributed by atoms with Crippen LogP contribution < -0.4 is 9.47 Å². The minimum atomic E-state index is -0.720. The molecule has 0 unspecified atom stereocenters. The fourth-order valence-corrected chi connectivity index (χ4v) is 2.42. The van der Waals surface area contributed by atoms with Crippen LogP contribution >= 0.6 is 11.6 Å². The zero-order chi connectivity index (χ0) is 11.7. The predicted molar refractivity (Wildman–Crippen MR) is 61.5 cm³/mol. The molecule has 0 spiro atoms. The van der Waals surface area contributed by atoms with Gasteiger partial charge in [0.15, 0.2) is 17.3 Å². The Kier molecular flexibility index (Phi) is 2.86. The molecule has 1 fully saturated rings. The molecule has 0 atom stereocenters. The molecule has 4 nitrogen and oxygen atoms in total. The van der Waals surface area contributed by atoms with E-state index in [2.05, 4.69) is 0 Å². The van der Waals surface area contributed by atoms with Crippen molar-refractivity contribution < 1.29 is 18.9 Å². The Morgan fingerprint density at radius 1 is 1.12 bits per heavy atom. The van der Waals surface area contributed by atoms with Crippen LogP contribution in [0.3, 0.4) is 0 Å². The molecule has 0 amide bonds. The fourth-order valence-electron chi connectivity index (χ4n) is 2.17. The standard InChI is InChI=1S/C12H13ClO4/c13-4-3-12(16-5-6-17-12)9-1-2-10-11(7-9)15-8-14-10/h1-2,7H,3-6,8H2. The van der Waals surface area contributed by atoms with Gasteiger partial charge in [-0.15, -0.1) is 11.6 Å². The summed E-state index contributed by atoms with van der Waals surface area (Å²) < 4.78 is 22.1. The van der Waals surface area contributed by atoms with Gasteiger partial charge in [-0.25, -0.2) is 0 Å². The van der Waals surface area contributed by atoms with Crippen LogP contribution in [0.4, 0.5) is 0 Å².